The maximum absolute atomic E-state index is 4.81. The molecule has 5 heteroatoms. The van der Waals surface area contributed by atoms with Crippen molar-refractivity contribution in [3.63, 3.8) is 0 Å². The molecule has 116 valence electrons. The Morgan fingerprint density at radius 3 is 1.32 bits per heavy atom. The lowest BCUT2D eigenvalue weighted by Gasteiger charge is -2.08. The average molecular weight is 331 g/mol. The molecule has 0 aromatic rings. The molecule has 0 heterocycles. The van der Waals surface area contributed by atoms with Gasteiger partial charge in [0.1, 0.15) is 0 Å². The average Bonchev–Trinajstić information content (AvgIpc) is 2.30. The van der Waals surface area contributed by atoms with Crippen LogP contribution in [0.25, 0.3) is 0 Å². The number of hydrogen-bond donors (Lipinski definition) is 0. The Morgan fingerprint density at radius 2 is 1.00 bits per heavy atom. The van der Waals surface area contributed by atoms with Crippen molar-refractivity contribution in [1.29, 1.82) is 0 Å². The van der Waals surface area contributed by atoms with Crippen LogP contribution in [0.1, 0.15) is 71.1 Å². The van der Waals surface area contributed by atoms with E-state index >= 15 is 0 Å². The van der Waals surface area contributed by atoms with Crippen LogP contribution in [0, 0.1) is 0 Å². The normalized spacial score (nSPS) is 10.3. The molecule has 0 bridgehead atoms. The molecule has 0 saturated carbocycles. The molecule has 0 atom stereocenters. The first-order valence-electron chi connectivity index (χ1n) is 7.57. The molecule has 0 N–H and O–H groups in total. The van der Waals surface area contributed by atoms with Gasteiger partial charge >= 0.3 is 4.96 Å². The monoisotopic (exact) mass is 329 g/mol. The lowest BCUT2D eigenvalue weighted by atomic mass is 10.1. The van der Waals surface area contributed by atoms with E-state index in [1.54, 1.807) is 0 Å². The second kappa shape index (κ2) is 18.9. The fraction of sp³-hybridized carbons (Fsp3) is 1.00. The Morgan fingerprint density at radius 1 is 0.684 bits per heavy atom. The van der Waals surface area contributed by atoms with E-state index in [0.29, 0.717) is 0 Å². The molecule has 0 aliphatic carbocycles. The molecule has 0 aromatic heterocycles. The van der Waals surface area contributed by atoms with Crippen molar-refractivity contribution in [2.24, 2.45) is 0 Å². The van der Waals surface area contributed by atoms with Gasteiger partial charge < -0.3 is 4.90 Å². The van der Waals surface area contributed by atoms with Crippen LogP contribution in [0.2, 0.25) is 0 Å². The summed E-state index contributed by atoms with van der Waals surface area (Å²) in [6.45, 7) is 3.54. The fourth-order valence-electron chi connectivity index (χ4n) is 1.92. The molecule has 0 radical (unpaired) electrons. The lowest BCUT2D eigenvalue weighted by Crippen LogP contribution is -2.12. The van der Waals surface area contributed by atoms with E-state index in [1.807, 2.05) is 0 Å². The molecule has 0 rings (SSSR count). The van der Waals surface area contributed by atoms with Gasteiger partial charge in [-0.3, -0.25) is 0 Å². The van der Waals surface area contributed by atoms with Crippen LogP contribution < -0.4 is 0 Å². The minimum absolute atomic E-state index is 0.750. The highest BCUT2D eigenvalue weighted by molar-refractivity contribution is 7.54. The van der Waals surface area contributed by atoms with Crippen molar-refractivity contribution in [3.05, 3.63) is 0 Å². The van der Waals surface area contributed by atoms with Crippen molar-refractivity contribution in [3.8, 4) is 0 Å². The first kappa shape index (κ1) is 22.2. The Hall–Kier alpha value is 0.895. The van der Waals surface area contributed by atoms with Crippen LogP contribution in [0.15, 0.2) is 0 Å². The van der Waals surface area contributed by atoms with Gasteiger partial charge in [-0.1, -0.05) is 64.7 Å². The molecule has 0 unspecified atom stereocenters. The minimum atomic E-state index is -0.750. The van der Waals surface area contributed by atoms with E-state index in [-0.39, 0.29) is 0 Å². The Labute approximate surface area is 136 Å². The molecule has 0 aromatic carbocycles. The van der Waals surface area contributed by atoms with E-state index in [2.05, 4.69) is 25.9 Å². The van der Waals surface area contributed by atoms with Crippen LogP contribution in [0.5, 0.6) is 0 Å². The van der Waals surface area contributed by atoms with E-state index in [9.17, 15) is 0 Å². The molecule has 0 aliphatic rings. The fourth-order valence-corrected chi connectivity index (χ4v) is 1.92. The zero-order valence-corrected chi connectivity index (χ0v) is 15.2. The number of nitrogens with zero attached hydrogens (tertiary/aromatic N) is 1. The zero-order chi connectivity index (χ0) is 14.9. The molecule has 0 fully saturated rings. The summed E-state index contributed by atoms with van der Waals surface area (Å²) in [5, 5.41) is 0. The first-order valence-corrected chi connectivity index (χ1v) is 8.88. The smallest absolute Gasteiger partial charge is 0.309 e. The van der Waals surface area contributed by atoms with Crippen molar-refractivity contribution >= 4 is 39.3 Å². The maximum atomic E-state index is 4.81. The molecule has 0 spiro atoms. The minimum Gasteiger partial charge on any atom is -0.309 e. The molecule has 0 amide bonds. The molecule has 0 saturated heterocycles. The zero-order valence-electron chi connectivity index (χ0n) is 12.9. The van der Waals surface area contributed by atoms with Gasteiger partial charge in [0.15, 0.2) is 0 Å². The summed E-state index contributed by atoms with van der Waals surface area (Å²) in [6, 6.07) is 0. The highest BCUT2D eigenvalue weighted by Crippen LogP contribution is 2.10. The Kier molecular flexibility index (Phi) is 22.1. The summed E-state index contributed by atoms with van der Waals surface area (Å²) >= 11 is 14.4. The van der Waals surface area contributed by atoms with Gasteiger partial charge in [-0.05, 0) is 27.1 Å². The summed E-state index contributed by atoms with van der Waals surface area (Å²) < 4.78 is 0. The van der Waals surface area contributed by atoms with Crippen molar-refractivity contribution in [1.82, 2.24) is 4.90 Å². The highest BCUT2D eigenvalue weighted by Gasteiger charge is 1.93. The SMILES string of the molecule is CCCCCCCCCCCCN(C)C.ClB(Cl)Cl. The topological polar surface area (TPSA) is 3.24 Å². The molecular weight excluding hydrogens is 299 g/mol. The third kappa shape index (κ3) is 32.4. The quantitative estimate of drug-likeness (QED) is 0.324. The van der Waals surface area contributed by atoms with Crippen LogP contribution in [-0.2, 0) is 0 Å². The van der Waals surface area contributed by atoms with Crippen molar-refractivity contribution < 1.29 is 0 Å². The van der Waals surface area contributed by atoms with Crippen molar-refractivity contribution in [2.45, 2.75) is 71.1 Å². The third-order valence-electron chi connectivity index (χ3n) is 2.96. The Balaban J connectivity index is 0. The number of unbranched alkanes of at least 4 members (excludes halogenated alkanes) is 9. The summed E-state index contributed by atoms with van der Waals surface area (Å²) in [5.41, 5.74) is 0. The number of rotatable bonds is 11. The largest absolute Gasteiger partial charge is 0.450 e. The summed E-state index contributed by atoms with van der Waals surface area (Å²) in [7, 11) is 4.32. The van der Waals surface area contributed by atoms with Gasteiger partial charge in [-0.25, -0.2) is 0 Å². The van der Waals surface area contributed by atoms with Crippen LogP contribution in [-0.4, -0.2) is 30.5 Å². The van der Waals surface area contributed by atoms with Crippen molar-refractivity contribution in [2.75, 3.05) is 20.6 Å². The predicted molar refractivity (Wildman–Crippen MR) is 93.7 cm³/mol. The van der Waals surface area contributed by atoms with E-state index in [0.717, 1.165) is 0 Å². The standard InChI is InChI=1S/C14H31N.BCl3/c1-4-5-6-7-8-9-10-11-12-13-14-15(2)3;2-1(3)4/h4-14H2,1-3H3;. The third-order valence-corrected chi connectivity index (χ3v) is 2.96. The predicted octanol–water partition coefficient (Wildman–Crippen LogP) is 6.16. The first-order chi connectivity index (χ1) is 9.00. The highest BCUT2D eigenvalue weighted by atomic mass is 35.6. The second-order valence-corrected chi connectivity index (χ2v) is 7.21. The molecular formula is C14H31BCl3N. The summed E-state index contributed by atoms with van der Waals surface area (Å²) in [6.07, 6.45) is 14.4. The lowest BCUT2D eigenvalue weighted by molar-refractivity contribution is 0.389. The van der Waals surface area contributed by atoms with Crippen LogP contribution in [0.3, 0.4) is 0 Å². The van der Waals surface area contributed by atoms with E-state index in [1.165, 1.54) is 70.8 Å². The van der Waals surface area contributed by atoms with Gasteiger partial charge in [0.05, 0.1) is 0 Å². The van der Waals surface area contributed by atoms with Gasteiger partial charge in [0.2, 0.25) is 0 Å². The van der Waals surface area contributed by atoms with E-state index in [4.69, 9.17) is 34.4 Å². The Bertz CT molecular complexity index is 155. The molecule has 0 aliphatic heterocycles. The number of halogens is 3. The summed E-state index contributed by atoms with van der Waals surface area (Å²) in [5.74, 6) is 0. The van der Waals surface area contributed by atoms with E-state index < -0.39 is 4.96 Å². The van der Waals surface area contributed by atoms with Crippen LogP contribution in [0.4, 0.5) is 0 Å². The molecule has 1 nitrogen and oxygen atoms in total. The van der Waals surface area contributed by atoms with Gasteiger partial charge in [-0.15, -0.1) is 0 Å². The molecule has 19 heavy (non-hydrogen) atoms. The van der Waals surface area contributed by atoms with Gasteiger partial charge in [-0.2, -0.15) is 34.4 Å². The summed E-state index contributed by atoms with van der Waals surface area (Å²) in [4.78, 5) is 1.53. The second-order valence-electron chi connectivity index (χ2n) is 5.23. The van der Waals surface area contributed by atoms with Crippen LogP contribution >= 0.6 is 34.4 Å². The number of hydrogen-bond acceptors (Lipinski definition) is 1. The van der Waals surface area contributed by atoms with Gasteiger partial charge in [0, 0.05) is 0 Å². The maximum Gasteiger partial charge on any atom is 0.450 e. The van der Waals surface area contributed by atoms with Gasteiger partial charge in [0.25, 0.3) is 0 Å².